The first-order chi connectivity index (χ1) is 9.76. The molecule has 2 rings (SSSR count). The van der Waals surface area contributed by atoms with Gasteiger partial charge in [-0.3, -0.25) is 0 Å². The van der Waals surface area contributed by atoms with Crippen molar-refractivity contribution in [2.75, 3.05) is 11.5 Å². The van der Waals surface area contributed by atoms with Crippen LogP contribution in [0.1, 0.15) is 17.2 Å². The Labute approximate surface area is 138 Å². The van der Waals surface area contributed by atoms with Crippen LogP contribution in [-0.4, -0.2) is 11.5 Å². The van der Waals surface area contributed by atoms with Gasteiger partial charge in [0.1, 0.15) is 5.75 Å². The molecule has 4 heteroatoms. The topological polar surface area (TPSA) is 18.5 Å². The maximum atomic E-state index is 6.15. The van der Waals surface area contributed by atoms with E-state index in [1.807, 2.05) is 48.5 Å². The van der Waals surface area contributed by atoms with E-state index in [9.17, 15) is 0 Å². The maximum absolute atomic E-state index is 6.15. The van der Waals surface area contributed by atoms with Crippen LogP contribution in [0.2, 0.25) is 5.02 Å². The maximum Gasteiger partial charge on any atom is 0.124 e. The Morgan fingerprint density at radius 2 is 1.80 bits per heavy atom. The number of halogens is 2. The van der Waals surface area contributed by atoms with Crippen molar-refractivity contribution in [1.29, 1.82) is 0 Å². The molecule has 2 aromatic rings. The van der Waals surface area contributed by atoms with E-state index in [0.29, 0.717) is 6.61 Å². The molecule has 2 aromatic carbocycles. The predicted octanol–water partition coefficient (Wildman–Crippen LogP) is 5.04. The van der Waals surface area contributed by atoms with E-state index >= 15 is 0 Å². The molecule has 0 radical (unpaired) electrons. The van der Waals surface area contributed by atoms with Crippen LogP contribution in [0.3, 0.4) is 0 Å². The van der Waals surface area contributed by atoms with E-state index in [-0.39, 0.29) is 6.10 Å². The van der Waals surface area contributed by atoms with Gasteiger partial charge in [-0.05, 0) is 17.7 Å². The summed E-state index contributed by atoms with van der Waals surface area (Å²) >= 11 is 8.47. The number of para-hydroxylation sites is 1. The Bertz CT molecular complexity index is 560. The highest BCUT2D eigenvalue weighted by atomic mass is 127. The van der Waals surface area contributed by atoms with Gasteiger partial charge in [0, 0.05) is 15.0 Å². The number of methoxy groups -OCH3 is 1. The number of hydrogen-bond acceptors (Lipinski definition) is 2. The molecule has 2 nitrogen and oxygen atoms in total. The molecule has 0 aliphatic rings. The van der Waals surface area contributed by atoms with Gasteiger partial charge in [-0.2, -0.15) is 0 Å². The Balaban J connectivity index is 2.11. The van der Waals surface area contributed by atoms with Crippen LogP contribution >= 0.6 is 34.2 Å². The molecule has 0 aromatic heterocycles. The Morgan fingerprint density at radius 1 is 1.10 bits per heavy atom. The molecule has 0 saturated carbocycles. The van der Waals surface area contributed by atoms with Gasteiger partial charge >= 0.3 is 0 Å². The van der Waals surface area contributed by atoms with Crippen LogP contribution < -0.4 is 4.74 Å². The lowest BCUT2D eigenvalue weighted by atomic mass is 10.1. The SMILES string of the molecule is COc1ccccc1C(CI)OCc1ccccc1Cl. The third-order valence-corrected chi connectivity index (χ3v) is 4.19. The number of alkyl halides is 1. The van der Waals surface area contributed by atoms with Gasteiger partial charge in [0.05, 0.1) is 19.8 Å². The van der Waals surface area contributed by atoms with Crippen LogP contribution in [0.15, 0.2) is 48.5 Å². The van der Waals surface area contributed by atoms with Crippen molar-refractivity contribution in [3.63, 3.8) is 0 Å². The summed E-state index contributed by atoms with van der Waals surface area (Å²) in [5.74, 6) is 0.855. The van der Waals surface area contributed by atoms with Crippen molar-refractivity contribution < 1.29 is 9.47 Å². The molecular weight excluding hydrogens is 387 g/mol. The molecule has 0 bridgehead atoms. The second-order valence-corrected chi connectivity index (χ2v) is 5.58. The molecule has 0 spiro atoms. The fourth-order valence-electron chi connectivity index (χ4n) is 1.96. The average Bonchev–Trinajstić information content (AvgIpc) is 2.50. The van der Waals surface area contributed by atoms with E-state index < -0.39 is 0 Å². The van der Waals surface area contributed by atoms with E-state index in [4.69, 9.17) is 21.1 Å². The standard InChI is InChI=1S/C16H16ClIO2/c1-19-15-9-5-3-7-13(15)16(10-18)20-11-12-6-2-4-8-14(12)17/h2-9,16H,10-11H2,1H3. The molecule has 106 valence electrons. The average molecular weight is 403 g/mol. The number of rotatable bonds is 6. The first-order valence-electron chi connectivity index (χ1n) is 6.30. The lowest BCUT2D eigenvalue weighted by molar-refractivity contribution is 0.0561. The quantitative estimate of drug-likeness (QED) is 0.498. The van der Waals surface area contributed by atoms with Crippen LogP contribution in [-0.2, 0) is 11.3 Å². The van der Waals surface area contributed by atoms with Crippen LogP contribution in [0.5, 0.6) is 5.75 Å². The van der Waals surface area contributed by atoms with Crippen LogP contribution in [0.25, 0.3) is 0 Å². The molecule has 0 fully saturated rings. The van der Waals surface area contributed by atoms with Crippen LogP contribution in [0, 0.1) is 0 Å². The summed E-state index contributed by atoms with van der Waals surface area (Å²) in [7, 11) is 1.68. The van der Waals surface area contributed by atoms with Crippen LogP contribution in [0.4, 0.5) is 0 Å². The van der Waals surface area contributed by atoms with Gasteiger partial charge in [-0.15, -0.1) is 0 Å². The summed E-state index contributed by atoms with van der Waals surface area (Å²) in [5.41, 5.74) is 2.07. The third kappa shape index (κ3) is 3.87. The molecule has 20 heavy (non-hydrogen) atoms. The van der Waals surface area contributed by atoms with Crippen molar-refractivity contribution in [1.82, 2.24) is 0 Å². The minimum atomic E-state index is -0.0111. The molecule has 0 aliphatic heterocycles. The third-order valence-electron chi connectivity index (χ3n) is 3.02. The summed E-state index contributed by atoms with van der Waals surface area (Å²) in [6, 6.07) is 15.7. The van der Waals surface area contributed by atoms with E-state index in [0.717, 1.165) is 26.3 Å². The Kier molecular flexibility index (Phi) is 6.13. The number of benzene rings is 2. The predicted molar refractivity (Wildman–Crippen MR) is 90.9 cm³/mol. The lowest BCUT2D eigenvalue weighted by Gasteiger charge is -2.19. The van der Waals surface area contributed by atoms with E-state index in [2.05, 4.69) is 22.6 Å². The second kappa shape index (κ2) is 7.86. The Hall–Kier alpha value is -0.780. The largest absolute Gasteiger partial charge is 0.496 e. The number of ether oxygens (including phenoxy) is 2. The summed E-state index contributed by atoms with van der Waals surface area (Å²) in [4.78, 5) is 0. The van der Waals surface area contributed by atoms with Gasteiger partial charge < -0.3 is 9.47 Å². The fraction of sp³-hybridized carbons (Fsp3) is 0.250. The minimum absolute atomic E-state index is 0.0111. The molecule has 1 unspecified atom stereocenters. The summed E-state index contributed by atoms with van der Waals surface area (Å²) in [6.45, 7) is 0.491. The van der Waals surface area contributed by atoms with E-state index in [1.54, 1.807) is 7.11 Å². The molecule has 0 saturated heterocycles. The first-order valence-corrected chi connectivity index (χ1v) is 8.20. The molecule has 0 heterocycles. The monoisotopic (exact) mass is 402 g/mol. The number of hydrogen-bond donors (Lipinski definition) is 0. The highest BCUT2D eigenvalue weighted by molar-refractivity contribution is 14.1. The fourth-order valence-corrected chi connectivity index (χ4v) is 2.87. The summed E-state index contributed by atoms with van der Waals surface area (Å²) in [5, 5.41) is 0.736. The zero-order valence-electron chi connectivity index (χ0n) is 11.2. The summed E-state index contributed by atoms with van der Waals surface area (Å²) < 4.78 is 12.3. The second-order valence-electron chi connectivity index (χ2n) is 4.29. The zero-order chi connectivity index (χ0) is 14.4. The van der Waals surface area contributed by atoms with Crippen molar-refractivity contribution in [3.8, 4) is 5.75 Å². The van der Waals surface area contributed by atoms with Gasteiger partial charge in [0.25, 0.3) is 0 Å². The van der Waals surface area contributed by atoms with Crippen molar-refractivity contribution >= 4 is 34.2 Å². The first kappa shape index (κ1) is 15.6. The van der Waals surface area contributed by atoms with Crippen molar-refractivity contribution in [3.05, 3.63) is 64.7 Å². The summed E-state index contributed by atoms with van der Waals surface area (Å²) in [6.07, 6.45) is -0.0111. The molecular formula is C16H16ClIO2. The van der Waals surface area contributed by atoms with Crippen molar-refractivity contribution in [2.24, 2.45) is 0 Å². The zero-order valence-corrected chi connectivity index (χ0v) is 14.1. The molecule has 1 atom stereocenters. The van der Waals surface area contributed by atoms with Crippen molar-refractivity contribution in [2.45, 2.75) is 12.7 Å². The molecule has 0 N–H and O–H groups in total. The molecule has 0 aliphatic carbocycles. The smallest absolute Gasteiger partial charge is 0.124 e. The van der Waals surface area contributed by atoms with Gasteiger partial charge in [-0.1, -0.05) is 70.6 Å². The van der Waals surface area contributed by atoms with E-state index in [1.165, 1.54) is 0 Å². The highest BCUT2D eigenvalue weighted by Gasteiger charge is 2.15. The highest BCUT2D eigenvalue weighted by Crippen LogP contribution is 2.30. The van der Waals surface area contributed by atoms with Gasteiger partial charge in [0.2, 0.25) is 0 Å². The normalized spacial score (nSPS) is 12.2. The lowest BCUT2D eigenvalue weighted by Crippen LogP contribution is -2.07. The Morgan fingerprint density at radius 3 is 2.50 bits per heavy atom. The molecule has 0 amide bonds. The minimum Gasteiger partial charge on any atom is -0.496 e. The van der Waals surface area contributed by atoms with Gasteiger partial charge in [0.15, 0.2) is 0 Å². The van der Waals surface area contributed by atoms with Gasteiger partial charge in [-0.25, -0.2) is 0 Å².